The molecular weight excluding hydrogens is 215 g/mol. The number of carbonyl (C=O) groups is 2. The van der Waals surface area contributed by atoms with Gasteiger partial charge in [0, 0.05) is 5.56 Å². The van der Waals surface area contributed by atoms with E-state index < -0.39 is 23.2 Å². The molecule has 1 aromatic rings. The number of ether oxygens (including phenoxy) is 2. The maximum Gasteiger partial charge on any atom is 0.348 e. The van der Waals surface area contributed by atoms with Gasteiger partial charge in [0.05, 0.1) is 13.7 Å². The van der Waals surface area contributed by atoms with Gasteiger partial charge in [-0.3, -0.25) is 4.79 Å². The number of methoxy groups -OCH3 is 1. The fourth-order valence-corrected chi connectivity index (χ4v) is 1.41. The van der Waals surface area contributed by atoms with Crippen molar-refractivity contribution in [1.82, 2.24) is 0 Å². The summed E-state index contributed by atoms with van der Waals surface area (Å²) in [5.74, 6) is -1.67. The van der Waals surface area contributed by atoms with Gasteiger partial charge < -0.3 is 9.47 Å². The van der Waals surface area contributed by atoms with Crippen molar-refractivity contribution < 1.29 is 23.5 Å². The first kappa shape index (κ1) is 10.8. The molecule has 1 atom stereocenters. The van der Waals surface area contributed by atoms with Gasteiger partial charge in [0.2, 0.25) is 5.78 Å². The molecule has 1 saturated heterocycles. The molecular formula is C11H9FO4. The standard InChI is InChI=1S/C11H9FO4/c1-15-10(14)11(6-16-11)9(13)7-2-4-8(12)5-3-7/h2-5H,6H2,1H3. The zero-order valence-corrected chi connectivity index (χ0v) is 8.53. The largest absolute Gasteiger partial charge is 0.466 e. The molecule has 4 nitrogen and oxygen atoms in total. The second kappa shape index (κ2) is 3.68. The molecule has 1 heterocycles. The number of hydrogen-bond acceptors (Lipinski definition) is 4. The summed E-state index contributed by atoms with van der Waals surface area (Å²) in [6.07, 6.45) is 0. The highest BCUT2D eigenvalue weighted by Crippen LogP contribution is 2.32. The first-order valence-electron chi connectivity index (χ1n) is 4.63. The summed E-state index contributed by atoms with van der Waals surface area (Å²) in [7, 11) is 1.18. The zero-order valence-electron chi connectivity index (χ0n) is 8.53. The van der Waals surface area contributed by atoms with Gasteiger partial charge in [-0.15, -0.1) is 0 Å². The van der Waals surface area contributed by atoms with E-state index in [1.165, 1.54) is 19.2 Å². The number of rotatable bonds is 3. The number of epoxide rings is 1. The Bertz CT molecular complexity index is 434. The Kier molecular flexibility index (Phi) is 2.47. The Morgan fingerprint density at radius 2 is 1.94 bits per heavy atom. The minimum absolute atomic E-state index is 0.00980. The lowest BCUT2D eigenvalue weighted by atomic mass is 9.98. The van der Waals surface area contributed by atoms with Crippen LogP contribution in [0.3, 0.4) is 0 Å². The number of halogens is 1. The summed E-state index contributed by atoms with van der Waals surface area (Å²) >= 11 is 0. The normalized spacial score (nSPS) is 22.6. The van der Waals surface area contributed by atoms with Crippen LogP contribution in [0.25, 0.3) is 0 Å². The number of esters is 1. The lowest BCUT2D eigenvalue weighted by Gasteiger charge is -2.07. The molecule has 84 valence electrons. The average molecular weight is 224 g/mol. The molecule has 0 bridgehead atoms. The summed E-state index contributed by atoms with van der Waals surface area (Å²) in [6.45, 7) is 0.00980. The highest BCUT2D eigenvalue weighted by molar-refractivity contribution is 6.17. The molecule has 2 rings (SSSR count). The fourth-order valence-electron chi connectivity index (χ4n) is 1.41. The van der Waals surface area contributed by atoms with Gasteiger partial charge in [0.15, 0.2) is 0 Å². The lowest BCUT2D eigenvalue weighted by molar-refractivity contribution is -0.144. The summed E-state index contributed by atoms with van der Waals surface area (Å²) in [4.78, 5) is 23.2. The molecule has 5 heteroatoms. The Labute approximate surface area is 91.0 Å². The maximum atomic E-state index is 12.7. The highest BCUT2D eigenvalue weighted by Gasteiger charge is 2.60. The quantitative estimate of drug-likeness (QED) is 0.332. The van der Waals surface area contributed by atoms with E-state index in [2.05, 4.69) is 4.74 Å². The monoisotopic (exact) mass is 224 g/mol. The molecule has 0 spiro atoms. The van der Waals surface area contributed by atoms with Crippen LogP contribution >= 0.6 is 0 Å². The van der Waals surface area contributed by atoms with E-state index in [1.54, 1.807) is 0 Å². The van der Waals surface area contributed by atoms with Gasteiger partial charge >= 0.3 is 5.97 Å². The minimum atomic E-state index is -1.51. The predicted octanol–water partition coefficient (Wildman–Crippen LogP) is 0.950. The van der Waals surface area contributed by atoms with Crippen LogP contribution < -0.4 is 0 Å². The highest BCUT2D eigenvalue weighted by atomic mass is 19.1. The molecule has 1 unspecified atom stereocenters. The Morgan fingerprint density at radius 1 is 1.38 bits per heavy atom. The van der Waals surface area contributed by atoms with Gasteiger partial charge in [-0.05, 0) is 24.3 Å². The Balaban J connectivity index is 2.26. The van der Waals surface area contributed by atoms with E-state index in [-0.39, 0.29) is 12.2 Å². The topological polar surface area (TPSA) is 55.9 Å². The van der Waals surface area contributed by atoms with Crippen molar-refractivity contribution >= 4 is 11.8 Å². The van der Waals surface area contributed by atoms with Crippen LogP contribution in [0.15, 0.2) is 24.3 Å². The second-order valence-electron chi connectivity index (χ2n) is 3.44. The van der Waals surface area contributed by atoms with Gasteiger partial charge in [0.1, 0.15) is 5.82 Å². The van der Waals surface area contributed by atoms with Crippen LogP contribution in [0.1, 0.15) is 10.4 Å². The molecule has 0 amide bonds. The molecule has 0 aliphatic carbocycles. The molecule has 0 N–H and O–H groups in total. The Morgan fingerprint density at radius 3 is 2.38 bits per heavy atom. The van der Waals surface area contributed by atoms with Crippen molar-refractivity contribution in [3.05, 3.63) is 35.6 Å². The summed E-state index contributed by atoms with van der Waals surface area (Å²) in [6, 6.07) is 4.93. The first-order valence-corrected chi connectivity index (χ1v) is 4.63. The van der Waals surface area contributed by atoms with E-state index in [0.717, 1.165) is 12.1 Å². The van der Waals surface area contributed by atoms with Crippen LogP contribution in [0.4, 0.5) is 4.39 Å². The third-order valence-electron chi connectivity index (χ3n) is 2.42. The molecule has 0 radical (unpaired) electrons. The van der Waals surface area contributed by atoms with E-state index in [9.17, 15) is 14.0 Å². The van der Waals surface area contributed by atoms with Crippen LogP contribution in [0.5, 0.6) is 0 Å². The molecule has 1 aliphatic rings. The molecule has 0 aromatic heterocycles. The van der Waals surface area contributed by atoms with Crippen molar-refractivity contribution in [3.63, 3.8) is 0 Å². The van der Waals surface area contributed by atoms with Crippen molar-refractivity contribution in [3.8, 4) is 0 Å². The maximum absolute atomic E-state index is 12.7. The SMILES string of the molecule is COC(=O)C1(C(=O)c2ccc(F)cc2)CO1. The van der Waals surface area contributed by atoms with Crippen LogP contribution in [-0.2, 0) is 14.3 Å². The predicted molar refractivity (Wildman–Crippen MR) is 51.4 cm³/mol. The third kappa shape index (κ3) is 1.59. The van der Waals surface area contributed by atoms with Crippen LogP contribution in [0, 0.1) is 5.82 Å². The van der Waals surface area contributed by atoms with Gasteiger partial charge in [-0.2, -0.15) is 0 Å². The number of carbonyl (C=O) groups excluding carboxylic acids is 2. The first-order chi connectivity index (χ1) is 7.60. The van der Waals surface area contributed by atoms with Crippen LogP contribution in [0.2, 0.25) is 0 Å². The van der Waals surface area contributed by atoms with E-state index >= 15 is 0 Å². The minimum Gasteiger partial charge on any atom is -0.466 e. The van der Waals surface area contributed by atoms with Gasteiger partial charge in [-0.25, -0.2) is 9.18 Å². The van der Waals surface area contributed by atoms with Crippen molar-refractivity contribution in [1.29, 1.82) is 0 Å². The van der Waals surface area contributed by atoms with Crippen LogP contribution in [-0.4, -0.2) is 31.1 Å². The molecule has 1 aromatic carbocycles. The summed E-state index contributed by atoms with van der Waals surface area (Å²) < 4.78 is 22.0. The van der Waals surface area contributed by atoms with E-state index in [1.807, 2.05) is 0 Å². The van der Waals surface area contributed by atoms with Crippen molar-refractivity contribution in [2.75, 3.05) is 13.7 Å². The van der Waals surface area contributed by atoms with Crippen molar-refractivity contribution in [2.24, 2.45) is 0 Å². The molecule has 1 aliphatic heterocycles. The lowest BCUT2D eigenvalue weighted by Crippen LogP contribution is -2.35. The fraction of sp³-hybridized carbons (Fsp3) is 0.273. The Hall–Kier alpha value is -1.75. The van der Waals surface area contributed by atoms with E-state index in [4.69, 9.17) is 4.74 Å². The third-order valence-corrected chi connectivity index (χ3v) is 2.42. The number of hydrogen-bond donors (Lipinski definition) is 0. The van der Waals surface area contributed by atoms with Gasteiger partial charge in [-0.1, -0.05) is 0 Å². The summed E-state index contributed by atoms with van der Waals surface area (Å²) in [5.41, 5.74) is -1.28. The number of ketones is 1. The number of benzene rings is 1. The smallest absolute Gasteiger partial charge is 0.348 e. The average Bonchev–Trinajstić information content (AvgIpc) is 3.09. The zero-order chi connectivity index (χ0) is 11.8. The van der Waals surface area contributed by atoms with E-state index in [0.29, 0.717) is 0 Å². The second-order valence-corrected chi connectivity index (χ2v) is 3.44. The molecule has 16 heavy (non-hydrogen) atoms. The van der Waals surface area contributed by atoms with Gasteiger partial charge in [0.25, 0.3) is 5.60 Å². The molecule has 1 fully saturated rings. The number of Topliss-reactive ketones (excluding diaryl/α,β-unsaturated/α-hetero) is 1. The van der Waals surface area contributed by atoms with Crippen molar-refractivity contribution in [2.45, 2.75) is 5.60 Å². The summed E-state index contributed by atoms with van der Waals surface area (Å²) in [5, 5.41) is 0. The molecule has 0 saturated carbocycles.